The number of nitrogens with one attached hydrogen (secondary N) is 2. The van der Waals surface area contributed by atoms with Crippen LogP contribution in [0.5, 0.6) is 0 Å². The summed E-state index contributed by atoms with van der Waals surface area (Å²) in [5.74, 6) is -2.11. The Balaban J connectivity index is 1.71. The molecule has 4 rings (SSSR count). The lowest BCUT2D eigenvalue weighted by molar-refractivity contribution is -0.530. The minimum atomic E-state index is -4.68. The van der Waals surface area contributed by atoms with Gasteiger partial charge in [0.15, 0.2) is 5.70 Å². The topological polar surface area (TPSA) is 107 Å². The third-order valence-corrected chi connectivity index (χ3v) is 7.22. The predicted octanol–water partition coefficient (Wildman–Crippen LogP) is 4.11. The summed E-state index contributed by atoms with van der Waals surface area (Å²) < 4.78 is 41.1. The molecule has 0 saturated carbocycles. The van der Waals surface area contributed by atoms with Gasteiger partial charge in [-0.2, -0.15) is 13.2 Å². The van der Waals surface area contributed by atoms with Gasteiger partial charge in [-0.25, -0.2) is 0 Å². The Hall–Kier alpha value is -3.80. The maximum absolute atomic E-state index is 13.7. The highest BCUT2D eigenvalue weighted by Crippen LogP contribution is 2.33. The van der Waals surface area contributed by atoms with Crippen LogP contribution in [0.2, 0.25) is 0 Å². The summed E-state index contributed by atoms with van der Waals surface area (Å²) in [5.41, 5.74) is 0.188. The Bertz CT molecular complexity index is 1430. The third kappa shape index (κ3) is 5.26. The second-order valence-electron chi connectivity index (χ2n) is 8.27. The van der Waals surface area contributed by atoms with Crippen molar-refractivity contribution in [2.24, 2.45) is 0 Å². The van der Waals surface area contributed by atoms with Crippen LogP contribution in [0.3, 0.4) is 0 Å². The van der Waals surface area contributed by atoms with E-state index < -0.39 is 42.0 Å². The Morgan fingerprint density at radius 1 is 1.13 bits per heavy atom. The van der Waals surface area contributed by atoms with Gasteiger partial charge in [0.1, 0.15) is 11.2 Å². The van der Waals surface area contributed by atoms with Crippen LogP contribution in [0.1, 0.15) is 47.1 Å². The molecule has 7 nitrogen and oxygen atoms in total. The molecule has 0 bridgehead atoms. The molecule has 1 aliphatic heterocycles. The van der Waals surface area contributed by atoms with Crippen molar-refractivity contribution >= 4 is 52.6 Å². The number of hydrogen-bond acceptors (Lipinski definition) is 5. The number of quaternary nitrogens is 1. The van der Waals surface area contributed by atoms with E-state index in [9.17, 15) is 27.6 Å². The van der Waals surface area contributed by atoms with E-state index in [1.807, 2.05) is 0 Å². The Labute approximate surface area is 224 Å². The third-order valence-electron chi connectivity index (χ3n) is 5.98. The molecule has 196 valence electrons. The molecule has 2 aromatic carbocycles. The summed E-state index contributed by atoms with van der Waals surface area (Å²) in [4.78, 5) is 40.6. The maximum Gasteiger partial charge on any atom is 0.416 e. The molecule has 38 heavy (non-hydrogen) atoms. The second kappa shape index (κ2) is 10.9. The minimum absolute atomic E-state index is 0.105. The number of rotatable bonds is 8. The van der Waals surface area contributed by atoms with Crippen LogP contribution < -0.4 is 10.6 Å². The number of halogens is 4. The quantitative estimate of drug-likeness (QED) is 0.284. The van der Waals surface area contributed by atoms with Gasteiger partial charge in [0.25, 0.3) is 17.7 Å². The Morgan fingerprint density at radius 2 is 1.74 bits per heavy atom. The highest BCUT2D eigenvalue weighted by Gasteiger charge is 2.42. The highest BCUT2D eigenvalue weighted by atomic mass is 35.5. The van der Waals surface area contributed by atoms with Crippen molar-refractivity contribution in [1.82, 2.24) is 10.2 Å². The molecule has 1 atom stereocenters. The fourth-order valence-corrected chi connectivity index (χ4v) is 5.25. The van der Waals surface area contributed by atoms with Crippen molar-refractivity contribution in [3.8, 4) is 0 Å². The number of carbonyl (C=O) groups is 3. The van der Waals surface area contributed by atoms with Crippen LogP contribution in [0.25, 0.3) is 5.70 Å². The molecule has 0 radical (unpaired) electrons. The van der Waals surface area contributed by atoms with Crippen LogP contribution in [0.4, 0.5) is 13.2 Å². The Kier molecular flexibility index (Phi) is 7.81. The first-order chi connectivity index (χ1) is 18.1. The standard InChI is InChI=1S/C26H20ClF3N4O3S/c1-32-22(19(27)12-31)15-10-20(38-13-15)23(35)33-21(11-14-6-2-5-9-18(14)26(28,29)30)34-24(36)16-7-3-4-8-17(16)25(34)37/h2-10,12-13,21,31-32H,11H2,1H3,(H,33,35)/p+1. The van der Waals surface area contributed by atoms with Gasteiger partial charge in [-0.3, -0.25) is 19.3 Å². The molecule has 12 heteroatoms. The molecule has 1 aromatic heterocycles. The molecule has 0 saturated heterocycles. The highest BCUT2D eigenvalue weighted by molar-refractivity contribution is 7.12. The summed E-state index contributed by atoms with van der Waals surface area (Å²) in [6.45, 7) is 0. The number of thiophene rings is 1. The number of carbonyl (C=O) groups excluding carboxylic acids is 3. The molecule has 3 amide bonds. The van der Waals surface area contributed by atoms with Crippen LogP contribution >= 0.6 is 22.9 Å². The molecular weight excluding hydrogens is 541 g/mol. The van der Waals surface area contributed by atoms with Crippen molar-refractivity contribution < 1.29 is 32.9 Å². The monoisotopic (exact) mass is 561 g/mol. The first-order valence-corrected chi connectivity index (χ1v) is 12.5. The molecule has 0 fully saturated rings. The number of imide groups is 1. The van der Waals surface area contributed by atoms with Gasteiger partial charge >= 0.3 is 6.18 Å². The zero-order valence-electron chi connectivity index (χ0n) is 19.8. The van der Waals surface area contributed by atoms with Gasteiger partial charge in [-0.15, -0.1) is 11.3 Å². The number of alkyl halides is 3. The SMILES string of the molecule is C[NH2+]C(=C(Cl)C=N)c1csc(C(=O)NC(Cc2ccccc2C(F)(F)F)N2C(=O)c3ccccc3C2=O)c1. The first kappa shape index (κ1) is 27.2. The molecule has 0 spiro atoms. The zero-order valence-corrected chi connectivity index (χ0v) is 21.4. The summed E-state index contributed by atoms with van der Waals surface area (Å²) in [6.07, 6.45) is -5.58. The lowest BCUT2D eigenvalue weighted by Gasteiger charge is -2.28. The number of allylic oxidation sites excluding steroid dienone is 1. The molecule has 3 aromatic rings. The van der Waals surface area contributed by atoms with Gasteiger partial charge in [0, 0.05) is 23.6 Å². The van der Waals surface area contributed by atoms with E-state index in [0.29, 0.717) is 11.3 Å². The van der Waals surface area contributed by atoms with E-state index in [1.165, 1.54) is 36.4 Å². The molecule has 1 aliphatic rings. The van der Waals surface area contributed by atoms with Crippen LogP contribution in [-0.4, -0.2) is 42.0 Å². The van der Waals surface area contributed by atoms with Crippen molar-refractivity contribution in [1.29, 1.82) is 5.41 Å². The summed E-state index contributed by atoms with van der Waals surface area (Å²) in [7, 11) is 1.72. The van der Waals surface area contributed by atoms with E-state index in [4.69, 9.17) is 17.0 Å². The van der Waals surface area contributed by atoms with Gasteiger partial charge < -0.3 is 16.0 Å². The summed E-state index contributed by atoms with van der Waals surface area (Å²) >= 11 is 7.13. The summed E-state index contributed by atoms with van der Waals surface area (Å²) in [5, 5.41) is 13.4. The van der Waals surface area contributed by atoms with E-state index in [0.717, 1.165) is 28.5 Å². The van der Waals surface area contributed by atoms with Crippen molar-refractivity contribution in [2.45, 2.75) is 18.8 Å². The number of nitrogens with zero attached hydrogens (tertiary/aromatic N) is 1. The lowest BCUT2D eigenvalue weighted by atomic mass is 10.0. The number of benzene rings is 2. The molecule has 0 aliphatic carbocycles. The van der Waals surface area contributed by atoms with E-state index >= 15 is 0 Å². The minimum Gasteiger partial charge on any atom is -0.330 e. The van der Waals surface area contributed by atoms with Crippen LogP contribution in [0.15, 0.2) is 65.0 Å². The van der Waals surface area contributed by atoms with Gasteiger partial charge in [-0.05, 0) is 29.8 Å². The van der Waals surface area contributed by atoms with Crippen LogP contribution in [-0.2, 0) is 12.6 Å². The van der Waals surface area contributed by atoms with Crippen molar-refractivity contribution in [3.63, 3.8) is 0 Å². The van der Waals surface area contributed by atoms with Gasteiger partial charge in [0.2, 0.25) is 0 Å². The predicted molar refractivity (Wildman–Crippen MR) is 137 cm³/mol. The molecule has 1 unspecified atom stereocenters. The fourth-order valence-electron chi connectivity index (χ4n) is 4.22. The van der Waals surface area contributed by atoms with Crippen molar-refractivity contribution in [2.75, 3.05) is 7.05 Å². The number of nitrogens with two attached hydrogens (primary N) is 1. The second-order valence-corrected chi connectivity index (χ2v) is 9.59. The van der Waals surface area contributed by atoms with Crippen molar-refractivity contribution in [3.05, 3.63) is 97.7 Å². The Morgan fingerprint density at radius 3 is 2.32 bits per heavy atom. The van der Waals surface area contributed by atoms with E-state index in [2.05, 4.69) is 5.32 Å². The fraction of sp³-hybridized carbons (Fsp3) is 0.154. The number of fused-ring (bicyclic) bond motifs is 1. The van der Waals surface area contributed by atoms with Gasteiger partial charge in [0.05, 0.1) is 28.6 Å². The number of hydrogen-bond donors (Lipinski definition) is 3. The largest absolute Gasteiger partial charge is 0.416 e. The normalized spacial score (nSPS) is 14.7. The smallest absolute Gasteiger partial charge is 0.330 e. The molecular formula is C26H21ClF3N4O3S+. The van der Waals surface area contributed by atoms with Gasteiger partial charge in [-0.1, -0.05) is 41.9 Å². The maximum atomic E-state index is 13.7. The first-order valence-electron chi connectivity index (χ1n) is 11.3. The van der Waals surface area contributed by atoms with Crippen LogP contribution in [0, 0.1) is 5.41 Å². The average molecular weight is 562 g/mol. The molecule has 2 heterocycles. The number of amides is 3. The average Bonchev–Trinajstić information content (AvgIpc) is 3.47. The van der Waals surface area contributed by atoms with E-state index in [-0.39, 0.29) is 26.6 Å². The molecule has 4 N–H and O–H groups in total. The van der Waals surface area contributed by atoms with E-state index in [1.54, 1.807) is 29.9 Å². The lowest BCUT2D eigenvalue weighted by Crippen LogP contribution is -2.76. The summed E-state index contributed by atoms with van der Waals surface area (Å²) in [6, 6.07) is 12.4. The zero-order chi connectivity index (χ0) is 27.6.